The number of fused-ring (bicyclic) bond motifs is 1. The maximum Gasteiger partial charge on any atom is 0.306 e. The minimum atomic E-state index is -1.26. The van der Waals surface area contributed by atoms with Gasteiger partial charge in [-0.3, -0.25) is 34.2 Å². The summed E-state index contributed by atoms with van der Waals surface area (Å²) in [7, 11) is 0. The number of hydrogen-bond donors (Lipinski definition) is 3. The number of anilines is 1. The summed E-state index contributed by atoms with van der Waals surface area (Å²) in [6.07, 6.45) is 0.371. The maximum absolute atomic E-state index is 12.9. The molecule has 4 amide bonds. The van der Waals surface area contributed by atoms with Gasteiger partial charge in [0.2, 0.25) is 11.8 Å². The molecule has 3 heterocycles. The van der Waals surface area contributed by atoms with E-state index in [-0.39, 0.29) is 43.2 Å². The Kier molecular flexibility index (Phi) is 4.81. The van der Waals surface area contributed by atoms with E-state index in [1.165, 1.54) is 6.07 Å². The van der Waals surface area contributed by atoms with Gasteiger partial charge < -0.3 is 15.1 Å². The molecule has 0 bridgehead atoms. The molecule has 10 heteroatoms. The molecule has 2 saturated heterocycles. The van der Waals surface area contributed by atoms with Crippen molar-refractivity contribution in [2.75, 3.05) is 18.0 Å². The summed E-state index contributed by atoms with van der Waals surface area (Å²) in [5, 5.41) is 21.5. The Hall–Kier alpha value is -3.27. The Bertz CT molecular complexity index is 965. The highest BCUT2D eigenvalue weighted by atomic mass is 16.4. The van der Waals surface area contributed by atoms with Gasteiger partial charge in [0.05, 0.1) is 23.1 Å². The molecule has 0 saturated carbocycles. The van der Waals surface area contributed by atoms with Gasteiger partial charge in [0.15, 0.2) is 0 Å². The van der Waals surface area contributed by atoms with Crippen molar-refractivity contribution in [3.05, 3.63) is 29.3 Å². The summed E-state index contributed by atoms with van der Waals surface area (Å²) in [5.74, 6) is -3.28. The number of piperidine rings is 2. The van der Waals surface area contributed by atoms with E-state index in [2.05, 4.69) is 5.32 Å². The zero-order valence-electron chi connectivity index (χ0n) is 16.1. The van der Waals surface area contributed by atoms with Crippen molar-refractivity contribution in [1.82, 2.24) is 10.2 Å². The molecular weight excluding hydrogens is 394 g/mol. The number of benzene rings is 1. The smallest absolute Gasteiger partial charge is 0.306 e. The van der Waals surface area contributed by atoms with Gasteiger partial charge >= 0.3 is 5.97 Å². The van der Waals surface area contributed by atoms with E-state index < -0.39 is 41.2 Å². The lowest BCUT2D eigenvalue weighted by atomic mass is 9.88. The van der Waals surface area contributed by atoms with Gasteiger partial charge in [-0.1, -0.05) is 0 Å². The van der Waals surface area contributed by atoms with Gasteiger partial charge in [-0.05, 0) is 37.5 Å². The molecular formula is C20H21N3O7. The van der Waals surface area contributed by atoms with Gasteiger partial charge in [-0.15, -0.1) is 0 Å². The van der Waals surface area contributed by atoms with E-state index >= 15 is 0 Å². The minimum Gasteiger partial charge on any atom is -0.481 e. The van der Waals surface area contributed by atoms with E-state index in [0.29, 0.717) is 18.8 Å². The average molecular weight is 415 g/mol. The molecule has 0 spiro atoms. The Morgan fingerprint density at radius 3 is 2.40 bits per heavy atom. The first-order valence-electron chi connectivity index (χ1n) is 9.73. The highest BCUT2D eigenvalue weighted by Gasteiger charge is 2.45. The van der Waals surface area contributed by atoms with Crippen LogP contribution in [0, 0.1) is 0 Å². The van der Waals surface area contributed by atoms with Gasteiger partial charge in [-0.2, -0.15) is 0 Å². The van der Waals surface area contributed by atoms with Crippen molar-refractivity contribution >= 4 is 35.3 Å². The van der Waals surface area contributed by atoms with Crippen molar-refractivity contribution in [3.8, 4) is 0 Å². The molecule has 2 fully saturated rings. The first kappa shape index (κ1) is 20.0. The van der Waals surface area contributed by atoms with Crippen molar-refractivity contribution in [2.45, 2.75) is 43.7 Å². The van der Waals surface area contributed by atoms with E-state index in [9.17, 15) is 29.1 Å². The van der Waals surface area contributed by atoms with Crippen molar-refractivity contribution in [1.29, 1.82) is 0 Å². The molecule has 158 valence electrons. The van der Waals surface area contributed by atoms with Crippen LogP contribution in [0.2, 0.25) is 0 Å². The third kappa shape index (κ3) is 3.43. The number of imide groups is 2. The largest absolute Gasteiger partial charge is 0.481 e. The quantitative estimate of drug-likeness (QED) is 0.578. The fraction of sp³-hybridized carbons (Fsp3) is 0.450. The highest BCUT2D eigenvalue weighted by molar-refractivity contribution is 6.23. The summed E-state index contributed by atoms with van der Waals surface area (Å²) in [6.45, 7) is 0.809. The molecule has 1 aromatic carbocycles. The predicted octanol–water partition coefficient (Wildman–Crippen LogP) is -0.106. The molecule has 0 aromatic heterocycles. The number of rotatable bonds is 4. The van der Waals surface area contributed by atoms with Crippen molar-refractivity contribution in [2.24, 2.45) is 0 Å². The monoisotopic (exact) mass is 415 g/mol. The fourth-order valence-corrected chi connectivity index (χ4v) is 4.30. The van der Waals surface area contributed by atoms with Gasteiger partial charge in [0, 0.05) is 25.2 Å². The topological polar surface area (TPSA) is 144 Å². The fourth-order valence-electron chi connectivity index (χ4n) is 4.30. The van der Waals surface area contributed by atoms with Gasteiger partial charge in [0.1, 0.15) is 6.04 Å². The Balaban J connectivity index is 1.52. The van der Waals surface area contributed by atoms with E-state index in [0.717, 1.165) is 4.90 Å². The predicted molar refractivity (Wildman–Crippen MR) is 102 cm³/mol. The molecule has 30 heavy (non-hydrogen) atoms. The second-order valence-corrected chi connectivity index (χ2v) is 7.96. The number of amides is 4. The maximum atomic E-state index is 12.9. The molecule has 1 unspecified atom stereocenters. The van der Waals surface area contributed by atoms with Crippen LogP contribution in [-0.2, 0) is 14.4 Å². The van der Waals surface area contributed by atoms with Crippen LogP contribution in [0.1, 0.15) is 52.8 Å². The minimum absolute atomic E-state index is 0.0576. The molecule has 0 radical (unpaired) electrons. The Morgan fingerprint density at radius 1 is 1.10 bits per heavy atom. The van der Waals surface area contributed by atoms with Crippen molar-refractivity contribution in [3.63, 3.8) is 0 Å². The number of carbonyl (C=O) groups is 5. The molecule has 4 rings (SSSR count). The molecule has 1 atom stereocenters. The van der Waals surface area contributed by atoms with Crippen LogP contribution in [0.15, 0.2) is 18.2 Å². The Morgan fingerprint density at radius 2 is 1.77 bits per heavy atom. The summed E-state index contributed by atoms with van der Waals surface area (Å²) < 4.78 is 0. The average Bonchev–Trinajstić information content (AvgIpc) is 2.92. The molecule has 0 aliphatic carbocycles. The summed E-state index contributed by atoms with van der Waals surface area (Å²) in [4.78, 5) is 62.9. The number of aliphatic carboxylic acids is 1. The summed E-state index contributed by atoms with van der Waals surface area (Å²) in [5.41, 5.74) is -0.188. The van der Waals surface area contributed by atoms with E-state index in [1.807, 2.05) is 4.90 Å². The molecule has 1 aromatic rings. The summed E-state index contributed by atoms with van der Waals surface area (Å²) in [6, 6.07) is 3.80. The van der Waals surface area contributed by atoms with Crippen LogP contribution < -0.4 is 10.2 Å². The Labute approximate surface area is 171 Å². The molecule has 3 N–H and O–H groups in total. The second kappa shape index (κ2) is 7.21. The highest BCUT2D eigenvalue weighted by Crippen LogP contribution is 2.33. The van der Waals surface area contributed by atoms with E-state index in [4.69, 9.17) is 5.11 Å². The number of carboxylic acid groups (broad SMARTS) is 1. The number of nitrogens with one attached hydrogen (secondary N) is 1. The third-order valence-corrected chi connectivity index (χ3v) is 5.96. The number of carboxylic acids is 1. The lowest BCUT2D eigenvalue weighted by molar-refractivity contribution is -0.143. The number of carbonyl (C=O) groups excluding carboxylic acids is 4. The van der Waals surface area contributed by atoms with Crippen LogP contribution in [0.25, 0.3) is 0 Å². The second-order valence-electron chi connectivity index (χ2n) is 7.96. The summed E-state index contributed by atoms with van der Waals surface area (Å²) >= 11 is 0. The normalized spacial score (nSPS) is 23.4. The SMILES string of the molecule is O=C(O)CC1(O)CCN(c2ccc3c(c2)C(=O)N(C2CCC(=O)NC2=O)C3=O)CC1. The van der Waals surface area contributed by atoms with Gasteiger partial charge in [0.25, 0.3) is 11.8 Å². The van der Waals surface area contributed by atoms with E-state index in [1.54, 1.807) is 12.1 Å². The number of hydrogen-bond acceptors (Lipinski definition) is 7. The zero-order valence-corrected chi connectivity index (χ0v) is 16.1. The standard InChI is InChI=1S/C20H21N3O7/c24-15-4-3-14(17(27)21-15)23-18(28)12-2-1-11(9-13(12)19(23)29)22-7-5-20(30,6-8-22)10-16(25)26/h1-2,9,14,30H,3-8,10H2,(H,25,26)(H,21,24,27). The van der Waals surface area contributed by atoms with Crippen LogP contribution in [0.3, 0.4) is 0 Å². The third-order valence-electron chi connectivity index (χ3n) is 5.96. The molecule has 3 aliphatic rings. The molecule has 3 aliphatic heterocycles. The first-order valence-corrected chi connectivity index (χ1v) is 9.73. The zero-order chi connectivity index (χ0) is 21.6. The van der Waals surface area contributed by atoms with Crippen LogP contribution >= 0.6 is 0 Å². The van der Waals surface area contributed by atoms with Crippen molar-refractivity contribution < 1.29 is 34.2 Å². The number of aliphatic hydroxyl groups is 1. The first-order chi connectivity index (χ1) is 14.2. The lowest BCUT2D eigenvalue weighted by Gasteiger charge is -2.38. The van der Waals surface area contributed by atoms with Crippen LogP contribution in [0.4, 0.5) is 5.69 Å². The molecule has 10 nitrogen and oxygen atoms in total. The van der Waals surface area contributed by atoms with Crippen LogP contribution in [-0.4, -0.2) is 69.4 Å². The lowest BCUT2D eigenvalue weighted by Crippen LogP contribution is -2.54. The number of nitrogens with zero attached hydrogens (tertiary/aromatic N) is 2. The van der Waals surface area contributed by atoms with Gasteiger partial charge in [-0.25, -0.2) is 0 Å². The van der Waals surface area contributed by atoms with Crippen LogP contribution in [0.5, 0.6) is 0 Å².